The van der Waals surface area contributed by atoms with E-state index in [0.29, 0.717) is 0 Å². The minimum atomic E-state index is 0.887. The predicted molar refractivity (Wildman–Crippen MR) is 36.1 cm³/mol. The molecule has 0 bridgehead atoms. The topological polar surface area (TPSA) is 30.9 Å². The van der Waals surface area contributed by atoms with Crippen molar-refractivity contribution in [1.29, 1.82) is 0 Å². The highest BCUT2D eigenvalue weighted by atomic mass is 15.9. The molecular formula is C5H11N4. The van der Waals surface area contributed by atoms with Crippen LogP contribution in [-0.2, 0) is 0 Å². The van der Waals surface area contributed by atoms with Crippen LogP contribution in [0.1, 0.15) is 6.42 Å². The van der Waals surface area contributed by atoms with Crippen molar-refractivity contribution >= 4 is 6.34 Å². The van der Waals surface area contributed by atoms with Gasteiger partial charge in [-0.25, -0.2) is 5.53 Å². The van der Waals surface area contributed by atoms with Gasteiger partial charge in [-0.3, -0.25) is 5.01 Å². The maximum absolute atomic E-state index is 3.81. The first-order chi connectivity index (χ1) is 4.34. The molecule has 0 aliphatic carbocycles. The van der Waals surface area contributed by atoms with Gasteiger partial charge in [-0.05, 0) is 6.42 Å². The summed E-state index contributed by atoms with van der Waals surface area (Å²) in [6, 6.07) is 0. The zero-order chi connectivity index (χ0) is 6.69. The molecule has 0 spiro atoms. The third-order valence-corrected chi connectivity index (χ3v) is 1.17. The lowest BCUT2D eigenvalue weighted by atomic mass is 10.5. The lowest BCUT2D eigenvalue weighted by Gasteiger charge is -2.20. The van der Waals surface area contributed by atoms with Crippen molar-refractivity contribution in [1.82, 2.24) is 15.7 Å². The molecule has 1 aliphatic heterocycles. The van der Waals surface area contributed by atoms with E-state index in [-0.39, 0.29) is 0 Å². The maximum atomic E-state index is 3.81. The van der Waals surface area contributed by atoms with E-state index in [9.17, 15) is 0 Å². The Morgan fingerprint density at radius 2 is 2.56 bits per heavy atom. The summed E-state index contributed by atoms with van der Waals surface area (Å²) in [6.45, 7) is 4.64. The van der Waals surface area contributed by atoms with E-state index in [1.54, 1.807) is 6.34 Å². The SMILES string of the molecule is [CH2]CCN1C=NNN1C. The van der Waals surface area contributed by atoms with Crippen LogP contribution < -0.4 is 5.53 Å². The lowest BCUT2D eigenvalue weighted by molar-refractivity contribution is 0.0526. The van der Waals surface area contributed by atoms with Gasteiger partial charge in [0, 0.05) is 13.6 Å². The van der Waals surface area contributed by atoms with E-state index >= 15 is 0 Å². The fourth-order valence-electron chi connectivity index (χ4n) is 0.681. The molecule has 4 heteroatoms. The lowest BCUT2D eigenvalue weighted by Crippen LogP contribution is -2.39. The van der Waals surface area contributed by atoms with Crippen LogP contribution in [0.25, 0.3) is 0 Å². The molecule has 0 aromatic heterocycles. The number of nitrogens with one attached hydrogen (secondary N) is 1. The summed E-state index contributed by atoms with van der Waals surface area (Å²) >= 11 is 0. The van der Waals surface area contributed by atoms with Gasteiger partial charge in [-0.15, -0.1) is 5.12 Å². The monoisotopic (exact) mass is 127 g/mol. The van der Waals surface area contributed by atoms with Crippen LogP contribution in [-0.4, -0.2) is 30.1 Å². The highest BCUT2D eigenvalue weighted by Gasteiger charge is 2.08. The van der Waals surface area contributed by atoms with Crippen LogP contribution in [0.3, 0.4) is 0 Å². The molecule has 0 fully saturated rings. The summed E-state index contributed by atoms with van der Waals surface area (Å²) in [5, 5.41) is 7.58. The molecule has 51 valence electrons. The van der Waals surface area contributed by atoms with Gasteiger partial charge in [0.05, 0.1) is 0 Å². The molecule has 0 aromatic carbocycles. The van der Waals surface area contributed by atoms with E-state index in [1.165, 1.54) is 0 Å². The minimum absolute atomic E-state index is 0.887. The standard InChI is InChI=1S/C5H11N4/c1-3-4-9-5-6-7-8(9)2/h5,7H,1,3-4H2,2H3. The number of hydrogen-bond donors (Lipinski definition) is 1. The van der Waals surface area contributed by atoms with Crippen molar-refractivity contribution in [3.8, 4) is 0 Å². The fraction of sp³-hybridized carbons (Fsp3) is 0.600. The largest absolute Gasteiger partial charge is 0.275 e. The van der Waals surface area contributed by atoms with E-state index in [0.717, 1.165) is 13.0 Å². The summed E-state index contributed by atoms with van der Waals surface area (Å²) in [5.41, 5.74) is 2.76. The molecule has 1 heterocycles. The highest BCUT2D eigenvalue weighted by Crippen LogP contribution is 1.94. The van der Waals surface area contributed by atoms with E-state index < -0.39 is 0 Å². The number of hydrogen-bond acceptors (Lipinski definition) is 4. The second-order valence-electron chi connectivity index (χ2n) is 1.88. The predicted octanol–water partition coefficient (Wildman–Crippen LogP) is -0.179. The molecule has 0 aromatic rings. The van der Waals surface area contributed by atoms with Gasteiger partial charge in [-0.1, -0.05) is 6.92 Å². The Labute approximate surface area is 55.1 Å². The van der Waals surface area contributed by atoms with Gasteiger partial charge < -0.3 is 0 Å². The zero-order valence-electron chi connectivity index (χ0n) is 5.54. The second kappa shape index (κ2) is 2.68. The summed E-state index contributed by atoms with van der Waals surface area (Å²) in [5.74, 6) is 0. The van der Waals surface area contributed by atoms with Crippen molar-refractivity contribution in [2.45, 2.75) is 6.42 Å². The number of rotatable bonds is 2. The molecule has 0 unspecified atom stereocenters. The molecular weight excluding hydrogens is 116 g/mol. The van der Waals surface area contributed by atoms with E-state index in [4.69, 9.17) is 0 Å². The number of hydrazone groups is 1. The first kappa shape index (κ1) is 6.35. The van der Waals surface area contributed by atoms with Crippen LogP contribution >= 0.6 is 0 Å². The molecule has 1 rings (SSSR count). The smallest absolute Gasteiger partial charge is 0.128 e. The summed E-state index contributed by atoms with van der Waals surface area (Å²) < 4.78 is 0. The highest BCUT2D eigenvalue weighted by molar-refractivity contribution is 5.54. The normalized spacial score (nSPS) is 18.7. The van der Waals surface area contributed by atoms with Crippen LogP contribution in [0.2, 0.25) is 0 Å². The molecule has 9 heavy (non-hydrogen) atoms. The van der Waals surface area contributed by atoms with Crippen LogP contribution in [0.15, 0.2) is 5.10 Å². The Morgan fingerprint density at radius 1 is 1.78 bits per heavy atom. The molecule has 1 aliphatic rings. The van der Waals surface area contributed by atoms with Gasteiger partial charge in [0.1, 0.15) is 6.34 Å². The molecule has 0 saturated heterocycles. The summed E-state index contributed by atoms with van der Waals surface area (Å²) in [7, 11) is 1.91. The van der Waals surface area contributed by atoms with Crippen molar-refractivity contribution in [3.63, 3.8) is 0 Å². The van der Waals surface area contributed by atoms with Crippen LogP contribution in [0.4, 0.5) is 0 Å². The fourth-order valence-corrected chi connectivity index (χ4v) is 0.681. The second-order valence-corrected chi connectivity index (χ2v) is 1.88. The first-order valence-corrected chi connectivity index (χ1v) is 2.93. The Morgan fingerprint density at radius 3 is 3.00 bits per heavy atom. The third-order valence-electron chi connectivity index (χ3n) is 1.17. The Kier molecular flexibility index (Phi) is 1.89. The number of hydrazine groups is 2. The average Bonchev–Trinajstić information content (AvgIpc) is 2.18. The zero-order valence-corrected chi connectivity index (χ0v) is 5.54. The van der Waals surface area contributed by atoms with Gasteiger partial charge in [0.15, 0.2) is 0 Å². The Hall–Kier alpha value is -0.770. The summed E-state index contributed by atoms with van der Waals surface area (Å²) in [6.07, 6.45) is 2.63. The third kappa shape index (κ3) is 1.32. The first-order valence-electron chi connectivity index (χ1n) is 2.93. The molecule has 0 saturated carbocycles. The maximum Gasteiger partial charge on any atom is 0.128 e. The quantitative estimate of drug-likeness (QED) is 0.558. The van der Waals surface area contributed by atoms with Crippen molar-refractivity contribution in [3.05, 3.63) is 6.92 Å². The van der Waals surface area contributed by atoms with Crippen molar-refractivity contribution in [2.75, 3.05) is 13.6 Å². The van der Waals surface area contributed by atoms with Gasteiger partial charge >= 0.3 is 0 Å². The minimum Gasteiger partial charge on any atom is -0.275 e. The van der Waals surface area contributed by atoms with Crippen molar-refractivity contribution < 1.29 is 0 Å². The summed E-state index contributed by atoms with van der Waals surface area (Å²) in [4.78, 5) is 0. The molecule has 1 radical (unpaired) electrons. The molecule has 0 amide bonds. The van der Waals surface area contributed by atoms with Gasteiger partial charge in [0.25, 0.3) is 0 Å². The van der Waals surface area contributed by atoms with Gasteiger partial charge in [0.2, 0.25) is 0 Å². The van der Waals surface area contributed by atoms with Gasteiger partial charge in [-0.2, -0.15) is 5.10 Å². The molecule has 1 N–H and O–H groups in total. The van der Waals surface area contributed by atoms with Crippen LogP contribution in [0.5, 0.6) is 0 Å². The van der Waals surface area contributed by atoms with E-state index in [2.05, 4.69) is 17.6 Å². The van der Waals surface area contributed by atoms with E-state index in [1.807, 2.05) is 17.2 Å². The Bertz CT molecular complexity index is 112. The molecule has 0 atom stereocenters. The average molecular weight is 127 g/mol. The Balaban J connectivity index is 2.31. The van der Waals surface area contributed by atoms with Crippen LogP contribution in [0, 0.1) is 6.92 Å². The van der Waals surface area contributed by atoms with Crippen molar-refractivity contribution in [2.24, 2.45) is 5.10 Å². The number of nitrogens with zero attached hydrogens (tertiary/aromatic N) is 3. The molecule has 4 nitrogen and oxygen atoms in total.